The number of fused-ring (bicyclic) bond motifs is 6. The predicted octanol–water partition coefficient (Wildman–Crippen LogP) is 17.6. The lowest BCUT2D eigenvalue weighted by Gasteiger charge is -2.27. The predicted molar refractivity (Wildman–Crippen MR) is 270 cm³/mol. The summed E-state index contributed by atoms with van der Waals surface area (Å²) in [6.45, 7) is 0. The first-order valence-corrected chi connectivity index (χ1v) is 21.8. The molecule has 0 spiro atoms. The van der Waals surface area contributed by atoms with Crippen molar-refractivity contribution in [2.45, 2.75) is 0 Å². The maximum Gasteiger partial charge on any atom is 0.0540 e. The van der Waals surface area contributed by atoms with Crippen molar-refractivity contribution in [1.29, 1.82) is 0 Å². The van der Waals surface area contributed by atoms with Gasteiger partial charge in [0.15, 0.2) is 0 Å². The van der Waals surface area contributed by atoms with E-state index in [-0.39, 0.29) is 0 Å². The molecular formula is C62H39N. The van der Waals surface area contributed by atoms with Crippen LogP contribution in [0.3, 0.4) is 0 Å². The molecule has 13 rings (SSSR count). The first-order chi connectivity index (χ1) is 31.3. The van der Waals surface area contributed by atoms with Crippen molar-refractivity contribution in [3.8, 4) is 44.5 Å². The van der Waals surface area contributed by atoms with Gasteiger partial charge in [0.25, 0.3) is 0 Å². The third kappa shape index (κ3) is 5.43. The number of para-hydroxylation sites is 2. The van der Waals surface area contributed by atoms with E-state index in [4.69, 9.17) is 0 Å². The van der Waals surface area contributed by atoms with Crippen molar-refractivity contribution < 1.29 is 0 Å². The van der Waals surface area contributed by atoms with Gasteiger partial charge in [-0.15, -0.1) is 0 Å². The van der Waals surface area contributed by atoms with Crippen LogP contribution in [0.25, 0.3) is 109 Å². The number of rotatable bonds is 7. The summed E-state index contributed by atoms with van der Waals surface area (Å²) in [5, 5.41) is 15.5. The Bertz CT molecular complexity index is 3610. The molecule has 0 aliphatic carbocycles. The Morgan fingerprint density at radius 3 is 1.08 bits per heavy atom. The van der Waals surface area contributed by atoms with E-state index < -0.39 is 0 Å². The number of nitrogens with zero attached hydrogens (tertiary/aromatic N) is 1. The van der Waals surface area contributed by atoms with Crippen molar-refractivity contribution in [3.63, 3.8) is 0 Å². The lowest BCUT2D eigenvalue weighted by molar-refractivity contribution is 1.30. The molecule has 0 saturated carbocycles. The molecule has 0 N–H and O–H groups in total. The second-order valence-electron chi connectivity index (χ2n) is 16.7. The topological polar surface area (TPSA) is 3.24 Å². The van der Waals surface area contributed by atoms with E-state index in [0.29, 0.717) is 0 Å². The van der Waals surface area contributed by atoms with Crippen LogP contribution in [0.1, 0.15) is 0 Å². The molecule has 13 aromatic carbocycles. The maximum absolute atomic E-state index is 2.42. The van der Waals surface area contributed by atoms with Crippen LogP contribution in [0.5, 0.6) is 0 Å². The second-order valence-corrected chi connectivity index (χ2v) is 16.7. The van der Waals surface area contributed by atoms with Gasteiger partial charge in [0, 0.05) is 16.8 Å². The molecule has 0 unspecified atom stereocenters. The molecule has 13 aromatic rings. The van der Waals surface area contributed by atoms with Gasteiger partial charge in [0.05, 0.1) is 5.69 Å². The fraction of sp³-hybridized carbons (Fsp3) is 0. The molecule has 63 heavy (non-hydrogen) atoms. The van der Waals surface area contributed by atoms with Gasteiger partial charge in [0.1, 0.15) is 0 Å². The lowest BCUT2D eigenvalue weighted by atomic mass is 9.86. The average Bonchev–Trinajstić information content (AvgIpc) is 3.87. The molecule has 292 valence electrons. The van der Waals surface area contributed by atoms with Crippen molar-refractivity contribution in [3.05, 3.63) is 237 Å². The van der Waals surface area contributed by atoms with Crippen LogP contribution in [0.15, 0.2) is 237 Å². The number of anilines is 3. The largest absolute Gasteiger partial charge is 0.310 e. The number of hydrogen-bond acceptors (Lipinski definition) is 1. The van der Waals surface area contributed by atoms with Crippen LogP contribution in [0.2, 0.25) is 0 Å². The quantitative estimate of drug-likeness (QED) is 0.155. The molecule has 0 amide bonds. The Morgan fingerprint density at radius 1 is 0.222 bits per heavy atom. The Hall–Kier alpha value is -8.26. The van der Waals surface area contributed by atoms with E-state index in [1.165, 1.54) is 109 Å². The molecule has 0 heterocycles. The molecule has 0 bridgehead atoms. The molecule has 0 fully saturated rings. The zero-order valence-electron chi connectivity index (χ0n) is 34.5. The van der Waals surface area contributed by atoms with E-state index in [0.717, 1.165) is 17.1 Å². The number of hydrogen-bond donors (Lipinski definition) is 0. The van der Waals surface area contributed by atoms with Crippen molar-refractivity contribution in [2.75, 3.05) is 4.90 Å². The van der Waals surface area contributed by atoms with E-state index in [1.807, 2.05) is 0 Å². The minimum atomic E-state index is 1.13. The van der Waals surface area contributed by atoms with Crippen LogP contribution >= 0.6 is 0 Å². The summed E-state index contributed by atoms with van der Waals surface area (Å²) in [5.41, 5.74) is 13.3. The molecule has 1 heteroatoms. The molecule has 0 radical (unpaired) electrons. The van der Waals surface area contributed by atoms with Crippen LogP contribution in [0, 0.1) is 0 Å². The van der Waals surface area contributed by atoms with E-state index in [9.17, 15) is 0 Å². The Balaban J connectivity index is 1.24. The summed E-state index contributed by atoms with van der Waals surface area (Å²) in [5.74, 6) is 0. The van der Waals surface area contributed by atoms with Gasteiger partial charge < -0.3 is 4.90 Å². The zero-order valence-corrected chi connectivity index (χ0v) is 34.5. The monoisotopic (exact) mass is 797 g/mol. The molecule has 0 aliphatic heterocycles. The standard InChI is InChI=1S/C62H39N/c1-5-18-40(19-6-1)43-24-13-26-45(38-43)56-59-50-33-15-22-42-23-16-34-51(55(42)50)60(59)57(46-27-14-25-44(39-46)41-20-7-2-8-21-41)62-53-36-37-54(49-32-17-35-52(58(49)53)61(56)62)63(47-28-9-3-10-29-47)48-30-11-4-12-31-48/h1-39H. The van der Waals surface area contributed by atoms with Crippen LogP contribution in [-0.4, -0.2) is 0 Å². The number of benzene rings is 11. The van der Waals surface area contributed by atoms with Gasteiger partial charge in [0.2, 0.25) is 0 Å². The van der Waals surface area contributed by atoms with Crippen molar-refractivity contribution in [2.24, 2.45) is 0 Å². The first kappa shape index (κ1) is 35.5. The van der Waals surface area contributed by atoms with E-state index in [1.54, 1.807) is 0 Å². The Morgan fingerprint density at radius 2 is 0.587 bits per heavy atom. The molecular weight excluding hydrogens is 759 g/mol. The average molecular weight is 798 g/mol. The molecule has 1 nitrogen and oxygen atoms in total. The summed E-state index contributed by atoms with van der Waals surface area (Å²) < 4.78 is 0. The molecule has 0 saturated heterocycles. The highest BCUT2D eigenvalue weighted by Gasteiger charge is 2.29. The van der Waals surface area contributed by atoms with Crippen LogP contribution in [-0.2, 0) is 0 Å². The minimum Gasteiger partial charge on any atom is -0.310 e. The van der Waals surface area contributed by atoms with Crippen molar-refractivity contribution in [1.82, 2.24) is 0 Å². The summed E-state index contributed by atoms with van der Waals surface area (Å²) in [6.07, 6.45) is 0. The normalized spacial score (nSPS) is 11.8. The third-order valence-corrected chi connectivity index (χ3v) is 13.3. The second kappa shape index (κ2) is 14.2. The van der Waals surface area contributed by atoms with Crippen LogP contribution in [0.4, 0.5) is 17.1 Å². The maximum atomic E-state index is 2.42. The smallest absolute Gasteiger partial charge is 0.0540 e. The Labute approximate surface area is 366 Å². The zero-order chi connectivity index (χ0) is 41.4. The highest BCUT2D eigenvalue weighted by atomic mass is 15.1. The van der Waals surface area contributed by atoms with Gasteiger partial charge in [-0.1, -0.05) is 194 Å². The summed E-state index contributed by atoms with van der Waals surface area (Å²) in [4.78, 5) is 2.41. The molecule has 0 aromatic heterocycles. The summed E-state index contributed by atoms with van der Waals surface area (Å²) in [7, 11) is 0. The first-order valence-electron chi connectivity index (χ1n) is 21.8. The summed E-state index contributed by atoms with van der Waals surface area (Å²) >= 11 is 0. The van der Waals surface area contributed by atoms with Crippen molar-refractivity contribution >= 4 is 81.7 Å². The van der Waals surface area contributed by atoms with Crippen LogP contribution < -0.4 is 4.90 Å². The molecule has 0 aliphatic rings. The lowest BCUT2D eigenvalue weighted by Crippen LogP contribution is -2.10. The highest BCUT2D eigenvalue weighted by molar-refractivity contribution is 6.47. The Kier molecular flexibility index (Phi) is 7.98. The van der Waals surface area contributed by atoms with Gasteiger partial charge >= 0.3 is 0 Å². The highest BCUT2D eigenvalue weighted by Crippen LogP contribution is 2.57. The van der Waals surface area contributed by atoms with E-state index >= 15 is 0 Å². The van der Waals surface area contributed by atoms with Gasteiger partial charge in [-0.25, -0.2) is 0 Å². The molecule has 0 atom stereocenters. The fourth-order valence-electron chi connectivity index (χ4n) is 10.7. The van der Waals surface area contributed by atoms with Gasteiger partial charge in [-0.2, -0.15) is 0 Å². The third-order valence-electron chi connectivity index (χ3n) is 13.3. The summed E-state index contributed by atoms with van der Waals surface area (Å²) in [6, 6.07) is 87.2. The van der Waals surface area contributed by atoms with E-state index in [2.05, 4.69) is 241 Å². The fourth-order valence-corrected chi connectivity index (χ4v) is 10.7. The van der Waals surface area contributed by atoms with Gasteiger partial charge in [-0.05, 0) is 146 Å². The van der Waals surface area contributed by atoms with Gasteiger partial charge in [-0.3, -0.25) is 0 Å². The SMILES string of the molecule is c1ccc(-c2cccc(-c3c4c5cccc6cccc(c4c(-c4cccc(-c7ccccc7)c4)c4c7ccc(N(c8ccccc8)c8ccccc8)c8cccc(c34)c87)c65)c2)cc1. The minimum absolute atomic E-state index is 1.13.